The van der Waals surface area contributed by atoms with Gasteiger partial charge in [-0.05, 0) is 36.4 Å². The van der Waals surface area contributed by atoms with Gasteiger partial charge in [0.1, 0.15) is 16.5 Å². The summed E-state index contributed by atoms with van der Waals surface area (Å²) < 4.78 is 47.3. The standard InChI is InChI=1S/C17H14BrFN2O5S/c1-26-14-5-3-11(21-16(22)6-7-17(21)23)9-15(14)27(24,25)20-13-4-2-10(18)8-12(13)19/h2-5,8-9,20H,6-7H2,1H3. The number of nitrogens with one attached hydrogen (secondary N) is 1. The van der Waals surface area contributed by atoms with Crippen molar-refractivity contribution in [1.82, 2.24) is 0 Å². The molecule has 0 saturated carbocycles. The number of halogens is 2. The van der Waals surface area contributed by atoms with Crippen LogP contribution in [0.5, 0.6) is 5.75 Å². The Morgan fingerprint density at radius 2 is 1.78 bits per heavy atom. The molecule has 0 spiro atoms. The van der Waals surface area contributed by atoms with Gasteiger partial charge >= 0.3 is 0 Å². The van der Waals surface area contributed by atoms with Gasteiger partial charge in [0, 0.05) is 17.3 Å². The molecule has 0 aromatic heterocycles. The molecule has 1 heterocycles. The number of hydrogen-bond acceptors (Lipinski definition) is 5. The fourth-order valence-electron chi connectivity index (χ4n) is 2.65. The Kier molecular flexibility index (Phi) is 5.20. The molecule has 0 bridgehead atoms. The van der Waals surface area contributed by atoms with Crippen molar-refractivity contribution < 1.29 is 27.1 Å². The molecule has 142 valence electrons. The van der Waals surface area contributed by atoms with Crippen LogP contribution in [0, 0.1) is 5.82 Å². The fraction of sp³-hybridized carbons (Fsp3) is 0.176. The highest BCUT2D eigenvalue weighted by Gasteiger charge is 2.32. The van der Waals surface area contributed by atoms with Gasteiger partial charge in [-0.1, -0.05) is 15.9 Å². The molecule has 1 fully saturated rings. The molecule has 3 rings (SSSR count). The van der Waals surface area contributed by atoms with Crippen LogP contribution in [0.4, 0.5) is 15.8 Å². The van der Waals surface area contributed by atoms with Crippen LogP contribution in [0.25, 0.3) is 0 Å². The number of carbonyl (C=O) groups excluding carboxylic acids is 2. The first-order chi connectivity index (χ1) is 12.7. The molecule has 1 aliphatic heterocycles. The Labute approximate surface area is 163 Å². The minimum atomic E-state index is -4.26. The number of amides is 2. The second-order valence-corrected chi connectivity index (χ2v) is 8.25. The zero-order valence-corrected chi connectivity index (χ0v) is 16.4. The van der Waals surface area contributed by atoms with E-state index >= 15 is 0 Å². The van der Waals surface area contributed by atoms with Crippen molar-refractivity contribution in [1.29, 1.82) is 0 Å². The Morgan fingerprint density at radius 3 is 2.37 bits per heavy atom. The van der Waals surface area contributed by atoms with Gasteiger partial charge in [-0.2, -0.15) is 0 Å². The van der Waals surface area contributed by atoms with Gasteiger partial charge in [-0.3, -0.25) is 19.2 Å². The summed E-state index contributed by atoms with van der Waals surface area (Å²) in [5.41, 5.74) is -0.140. The molecule has 10 heteroatoms. The normalized spacial score (nSPS) is 14.6. The van der Waals surface area contributed by atoms with E-state index in [1.807, 2.05) is 0 Å². The highest BCUT2D eigenvalue weighted by atomic mass is 79.9. The highest BCUT2D eigenvalue weighted by Crippen LogP contribution is 2.33. The van der Waals surface area contributed by atoms with Crippen LogP contribution in [-0.4, -0.2) is 27.3 Å². The molecular formula is C17H14BrFN2O5S. The number of imide groups is 1. The average molecular weight is 457 g/mol. The average Bonchev–Trinajstić information content (AvgIpc) is 2.95. The first-order valence-corrected chi connectivity index (χ1v) is 10.0. The molecule has 1 saturated heterocycles. The first kappa shape index (κ1) is 19.3. The third-order valence-corrected chi connectivity index (χ3v) is 5.80. The van der Waals surface area contributed by atoms with E-state index in [-0.39, 0.29) is 34.9 Å². The quantitative estimate of drug-likeness (QED) is 0.697. The number of benzene rings is 2. The third-order valence-electron chi connectivity index (χ3n) is 3.92. The maximum absolute atomic E-state index is 14.0. The summed E-state index contributed by atoms with van der Waals surface area (Å²) in [5.74, 6) is -1.61. The summed E-state index contributed by atoms with van der Waals surface area (Å²) in [5, 5.41) is 0. The van der Waals surface area contributed by atoms with E-state index in [9.17, 15) is 22.4 Å². The summed E-state index contributed by atoms with van der Waals surface area (Å²) in [4.78, 5) is 24.5. The zero-order valence-electron chi connectivity index (χ0n) is 14.0. The van der Waals surface area contributed by atoms with E-state index < -0.39 is 27.7 Å². The van der Waals surface area contributed by atoms with Crippen LogP contribution in [0.1, 0.15) is 12.8 Å². The lowest BCUT2D eigenvalue weighted by Crippen LogP contribution is -2.28. The molecule has 0 atom stereocenters. The summed E-state index contributed by atoms with van der Waals surface area (Å²) in [7, 11) is -2.98. The second kappa shape index (κ2) is 7.28. The smallest absolute Gasteiger partial charge is 0.265 e. The summed E-state index contributed by atoms with van der Waals surface area (Å²) >= 11 is 3.10. The Morgan fingerprint density at radius 1 is 1.11 bits per heavy atom. The van der Waals surface area contributed by atoms with Gasteiger partial charge in [0.05, 0.1) is 18.5 Å². The predicted octanol–water partition coefficient (Wildman–Crippen LogP) is 3.05. The third kappa shape index (κ3) is 3.81. The molecule has 1 N–H and O–H groups in total. The molecule has 0 radical (unpaired) electrons. The maximum atomic E-state index is 14.0. The van der Waals surface area contributed by atoms with Gasteiger partial charge in [0.15, 0.2) is 0 Å². The maximum Gasteiger partial charge on any atom is 0.265 e. The van der Waals surface area contributed by atoms with Crippen molar-refractivity contribution in [2.75, 3.05) is 16.7 Å². The molecule has 2 amide bonds. The minimum absolute atomic E-state index is 0.0112. The van der Waals surface area contributed by atoms with E-state index in [1.165, 1.54) is 31.4 Å². The summed E-state index contributed by atoms with van der Waals surface area (Å²) in [6.07, 6.45) is 0.130. The molecule has 0 unspecified atom stereocenters. The van der Waals surface area contributed by atoms with E-state index in [0.29, 0.717) is 4.47 Å². The molecule has 7 nitrogen and oxygen atoms in total. The molecular weight excluding hydrogens is 443 g/mol. The molecule has 1 aliphatic rings. The van der Waals surface area contributed by atoms with Gasteiger partial charge < -0.3 is 4.74 Å². The van der Waals surface area contributed by atoms with Crippen LogP contribution in [0.15, 0.2) is 45.8 Å². The molecule has 27 heavy (non-hydrogen) atoms. The number of methoxy groups -OCH3 is 1. The van der Waals surface area contributed by atoms with Crippen molar-refractivity contribution in [3.8, 4) is 5.75 Å². The van der Waals surface area contributed by atoms with E-state index in [0.717, 1.165) is 17.0 Å². The van der Waals surface area contributed by atoms with Gasteiger partial charge in [0.2, 0.25) is 11.8 Å². The number of nitrogens with zero attached hydrogens (tertiary/aromatic N) is 1. The zero-order chi connectivity index (χ0) is 19.8. The SMILES string of the molecule is COc1ccc(N2C(=O)CCC2=O)cc1S(=O)(=O)Nc1ccc(Br)cc1F. The van der Waals surface area contributed by atoms with Crippen LogP contribution >= 0.6 is 15.9 Å². The van der Waals surface area contributed by atoms with E-state index in [2.05, 4.69) is 20.7 Å². The first-order valence-electron chi connectivity index (χ1n) is 7.74. The largest absolute Gasteiger partial charge is 0.495 e. The fourth-order valence-corrected chi connectivity index (χ4v) is 4.24. The topological polar surface area (TPSA) is 92.8 Å². The minimum Gasteiger partial charge on any atom is -0.495 e. The highest BCUT2D eigenvalue weighted by molar-refractivity contribution is 9.10. The number of sulfonamides is 1. The van der Waals surface area contributed by atoms with Crippen molar-refractivity contribution in [2.24, 2.45) is 0 Å². The van der Waals surface area contributed by atoms with Crippen molar-refractivity contribution in [2.45, 2.75) is 17.7 Å². The van der Waals surface area contributed by atoms with E-state index in [4.69, 9.17) is 4.74 Å². The lowest BCUT2D eigenvalue weighted by atomic mass is 10.2. The van der Waals surface area contributed by atoms with Crippen LogP contribution < -0.4 is 14.4 Å². The van der Waals surface area contributed by atoms with Crippen molar-refractivity contribution in [3.05, 3.63) is 46.7 Å². The Balaban J connectivity index is 2.04. The van der Waals surface area contributed by atoms with E-state index in [1.54, 1.807) is 0 Å². The molecule has 2 aromatic carbocycles. The number of carbonyl (C=O) groups is 2. The van der Waals surface area contributed by atoms with Crippen LogP contribution in [-0.2, 0) is 19.6 Å². The number of rotatable bonds is 5. The van der Waals surface area contributed by atoms with Gasteiger partial charge in [-0.15, -0.1) is 0 Å². The van der Waals surface area contributed by atoms with Crippen LogP contribution in [0.3, 0.4) is 0 Å². The van der Waals surface area contributed by atoms with Gasteiger partial charge in [-0.25, -0.2) is 12.8 Å². The number of hydrogen-bond donors (Lipinski definition) is 1. The predicted molar refractivity (Wildman–Crippen MR) is 99.6 cm³/mol. The number of anilines is 2. The van der Waals surface area contributed by atoms with Crippen LogP contribution in [0.2, 0.25) is 0 Å². The Hall–Kier alpha value is -2.46. The van der Waals surface area contributed by atoms with Crippen molar-refractivity contribution in [3.63, 3.8) is 0 Å². The van der Waals surface area contributed by atoms with Gasteiger partial charge in [0.25, 0.3) is 10.0 Å². The number of ether oxygens (including phenoxy) is 1. The lowest BCUT2D eigenvalue weighted by Gasteiger charge is -2.17. The summed E-state index contributed by atoms with van der Waals surface area (Å²) in [6.45, 7) is 0. The lowest BCUT2D eigenvalue weighted by molar-refractivity contribution is -0.121. The summed E-state index contributed by atoms with van der Waals surface area (Å²) in [6, 6.07) is 7.77. The Bertz CT molecular complexity index is 1030. The second-order valence-electron chi connectivity index (χ2n) is 5.69. The molecule has 0 aliphatic carbocycles. The molecule has 2 aromatic rings. The van der Waals surface area contributed by atoms with Crippen molar-refractivity contribution >= 4 is 49.1 Å². The monoisotopic (exact) mass is 456 g/mol.